The Labute approximate surface area is 169 Å². The van der Waals surface area contributed by atoms with E-state index in [-0.39, 0.29) is 5.91 Å². The van der Waals surface area contributed by atoms with Gasteiger partial charge in [0.25, 0.3) is 0 Å². The number of nitrogens with one attached hydrogen (secondary N) is 1. The third-order valence-electron chi connectivity index (χ3n) is 6.86. The molecule has 2 fully saturated rings. The lowest BCUT2D eigenvalue weighted by Crippen LogP contribution is -2.38. The zero-order valence-corrected chi connectivity index (χ0v) is 17.2. The standard InChI is InChI=1S/C24H34N2O2/c1-2-24(27)25-19-11-9-18(10-12-19)13-16-26-15-4-3-7-22(26)20-14-17-28-23-8-5-6-21(20)23/h5-6,8,14,17-19,22H,2-4,7,9-13,15-16H2,1H3,(H,25,27). The Morgan fingerprint density at radius 3 is 2.82 bits per heavy atom. The van der Waals surface area contributed by atoms with Crippen molar-refractivity contribution < 1.29 is 9.21 Å². The second-order valence-corrected chi connectivity index (χ2v) is 8.65. The van der Waals surface area contributed by atoms with Crippen molar-refractivity contribution in [2.24, 2.45) is 5.92 Å². The highest BCUT2D eigenvalue weighted by molar-refractivity contribution is 5.75. The van der Waals surface area contributed by atoms with Crippen LogP contribution in [-0.4, -0.2) is 29.9 Å². The molecule has 1 unspecified atom stereocenters. The molecule has 1 amide bonds. The van der Waals surface area contributed by atoms with E-state index in [2.05, 4.69) is 34.5 Å². The molecule has 0 radical (unpaired) electrons. The van der Waals surface area contributed by atoms with Crippen LogP contribution in [-0.2, 0) is 4.79 Å². The van der Waals surface area contributed by atoms with Gasteiger partial charge in [-0.25, -0.2) is 0 Å². The summed E-state index contributed by atoms with van der Waals surface area (Å²) in [7, 11) is 0. The lowest BCUT2D eigenvalue weighted by molar-refractivity contribution is -0.121. The number of carbonyl (C=O) groups excluding carboxylic acids is 1. The molecule has 4 rings (SSSR count). The number of piperidine rings is 1. The summed E-state index contributed by atoms with van der Waals surface area (Å²) in [6.07, 6.45) is 12.4. The van der Waals surface area contributed by atoms with E-state index in [9.17, 15) is 4.79 Å². The molecule has 0 bridgehead atoms. The molecule has 2 aliphatic carbocycles. The molecule has 1 N–H and O–H groups in total. The number of likely N-dealkylation sites (tertiary alicyclic amines) is 1. The van der Waals surface area contributed by atoms with Gasteiger partial charge in [0.1, 0.15) is 5.76 Å². The zero-order valence-electron chi connectivity index (χ0n) is 17.2. The zero-order chi connectivity index (χ0) is 19.3. The Balaban J connectivity index is 1.33. The van der Waals surface area contributed by atoms with Crippen LogP contribution in [0.3, 0.4) is 0 Å². The SMILES string of the molecule is CCC(=O)NC1CCC(CCN2CCCCC2c2ccoc3cccc2-3)CC1. The van der Waals surface area contributed by atoms with Crippen molar-refractivity contribution in [1.82, 2.24) is 10.2 Å². The molecular weight excluding hydrogens is 348 g/mol. The van der Waals surface area contributed by atoms with Crippen LogP contribution in [0, 0.1) is 5.92 Å². The smallest absolute Gasteiger partial charge is 0.219 e. The average Bonchev–Trinajstić information content (AvgIpc) is 3.22. The third kappa shape index (κ3) is 4.43. The van der Waals surface area contributed by atoms with Gasteiger partial charge in [-0.3, -0.25) is 9.69 Å². The van der Waals surface area contributed by atoms with Crippen LogP contribution >= 0.6 is 0 Å². The summed E-state index contributed by atoms with van der Waals surface area (Å²) in [5, 5.41) is 3.18. The maximum absolute atomic E-state index is 11.6. The van der Waals surface area contributed by atoms with Crippen molar-refractivity contribution >= 4 is 5.91 Å². The van der Waals surface area contributed by atoms with E-state index in [1.54, 1.807) is 0 Å². The number of rotatable bonds is 6. The number of fused-ring (bicyclic) bond motifs is 1. The molecule has 2 heterocycles. The molecule has 1 saturated heterocycles. The number of hydrogen-bond donors (Lipinski definition) is 1. The maximum Gasteiger partial charge on any atom is 0.219 e. The normalized spacial score (nSPS) is 26.4. The summed E-state index contributed by atoms with van der Waals surface area (Å²) in [5.74, 6) is 2.02. The minimum absolute atomic E-state index is 0.202. The van der Waals surface area contributed by atoms with Crippen LogP contribution in [0.25, 0.3) is 11.3 Å². The van der Waals surface area contributed by atoms with E-state index in [4.69, 9.17) is 4.42 Å². The highest BCUT2D eigenvalue weighted by Gasteiger charge is 2.28. The second kappa shape index (κ2) is 9.13. The molecular formula is C24H34N2O2. The largest absolute Gasteiger partial charge is 0.464 e. The first-order valence-corrected chi connectivity index (χ1v) is 11.2. The van der Waals surface area contributed by atoms with Gasteiger partial charge in [-0.05, 0) is 81.6 Å². The fourth-order valence-electron chi connectivity index (χ4n) is 5.19. The van der Waals surface area contributed by atoms with Crippen LogP contribution in [0.5, 0.6) is 0 Å². The van der Waals surface area contributed by atoms with E-state index in [1.807, 2.05) is 13.2 Å². The van der Waals surface area contributed by atoms with Gasteiger partial charge >= 0.3 is 0 Å². The van der Waals surface area contributed by atoms with E-state index in [0.717, 1.165) is 24.5 Å². The van der Waals surface area contributed by atoms with Crippen LogP contribution in [0.4, 0.5) is 0 Å². The first-order chi connectivity index (χ1) is 13.7. The molecule has 4 heteroatoms. The van der Waals surface area contributed by atoms with Crippen molar-refractivity contribution in [2.45, 2.75) is 76.8 Å². The summed E-state index contributed by atoms with van der Waals surface area (Å²) >= 11 is 0. The topological polar surface area (TPSA) is 45.5 Å². The van der Waals surface area contributed by atoms with Gasteiger partial charge in [0.2, 0.25) is 5.91 Å². The van der Waals surface area contributed by atoms with Gasteiger partial charge in [-0.15, -0.1) is 0 Å². The molecule has 0 aromatic heterocycles. The molecule has 1 atom stereocenters. The Morgan fingerprint density at radius 2 is 2.00 bits per heavy atom. The summed E-state index contributed by atoms with van der Waals surface area (Å²) < 4.78 is 5.67. The Morgan fingerprint density at radius 1 is 1.14 bits per heavy atom. The van der Waals surface area contributed by atoms with Crippen LogP contribution in [0.15, 0.2) is 34.9 Å². The van der Waals surface area contributed by atoms with Gasteiger partial charge in [-0.1, -0.05) is 25.5 Å². The molecule has 0 aromatic rings. The Kier molecular flexibility index (Phi) is 6.36. The third-order valence-corrected chi connectivity index (χ3v) is 6.86. The minimum atomic E-state index is 0.202. The lowest BCUT2D eigenvalue weighted by Gasteiger charge is -2.38. The lowest BCUT2D eigenvalue weighted by atomic mass is 9.83. The number of carbonyl (C=O) groups is 1. The number of amides is 1. The van der Waals surface area contributed by atoms with E-state index >= 15 is 0 Å². The van der Waals surface area contributed by atoms with Crippen molar-refractivity contribution in [3.05, 3.63) is 36.1 Å². The van der Waals surface area contributed by atoms with Crippen LogP contribution < -0.4 is 5.32 Å². The van der Waals surface area contributed by atoms with E-state index < -0.39 is 0 Å². The fourth-order valence-corrected chi connectivity index (χ4v) is 5.19. The summed E-state index contributed by atoms with van der Waals surface area (Å²) in [6, 6.07) is 9.49. The fraction of sp³-hybridized carbons (Fsp3) is 0.625. The summed E-state index contributed by atoms with van der Waals surface area (Å²) in [6.45, 7) is 4.33. The quantitative estimate of drug-likeness (QED) is 0.729. The van der Waals surface area contributed by atoms with Gasteiger partial charge in [0, 0.05) is 24.1 Å². The summed E-state index contributed by atoms with van der Waals surface area (Å²) in [4.78, 5) is 14.3. The molecule has 2 aliphatic heterocycles. The molecule has 4 nitrogen and oxygen atoms in total. The monoisotopic (exact) mass is 382 g/mol. The molecule has 152 valence electrons. The second-order valence-electron chi connectivity index (χ2n) is 8.65. The van der Waals surface area contributed by atoms with Crippen LogP contribution in [0.1, 0.15) is 76.3 Å². The van der Waals surface area contributed by atoms with Gasteiger partial charge in [0.05, 0.1) is 6.26 Å². The Hall–Kier alpha value is -1.81. The molecule has 1 saturated carbocycles. The van der Waals surface area contributed by atoms with Gasteiger partial charge in [-0.2, -0.15) is 0 Å². The van der Waals surface area contributed by atoms with E-state index in [0.29, 0.717) is 18.5 Å². The highest BCUT2D eigenvalue weighted by atomic mass is 16.3. The molecule has 28 heavy (non-hydrogen) atoms. The van der Waals surface area contributed by atoms with Crippen molar-refractivity contribution in [2.75, 3.05) is 13.1 Å². The van der Waals surface area contributed by atoms with Crippen LogP contribution in [0.2, 0.25) is 0 Å². The first kappa shape index (κ1) is 19.5. The average molecular weight is 383 g/mol. The predicted molar refractivity (Wildman–Crippen MR) is 112 cm³/mol. The molecule has 0 aromatic carbocycles. The molecule has 4 aliphatic rings. The predicted octanol–water partition coefficient (Wildman–Crippen LogP) is 5.39. The van der Waals surface area contributed by atoms with Gasteiger partial charge in [0.15, 0.2) is 0 Å². The molecule has 0 spiro atoms. The van der Waals surface area contributed by atoms with Crippen molar-refractivity contribution in [3.8, 4) is 11.3 Å². The summed E-state index contributed by atoms with van der Waals surface area (Å²) in [5.41, 5.74) is 2.73. The van der Waals surface area contributed by atoms with Crippen molar-refractivity contribution in [3.63, 3.8) is 0 Å². The van der Waals surface area contributed by atoms with E-state index in [1.165, 1.54) is 62.7 Å². The number of hydrogen-bond acceptors (Lipinski definition) is 3. The minimum Gasteiger partial charge on any atom is -0.464 e. The number of nitrogens with zero attached hydrogens (tertiary/aromatic N) is 1. The van der Waals surface area contributed by atoms with Gasteiger partial charge < -0.3 is 9.73 Å². The Bertz CT molecular complexity index is 732. The van der Waals surface area contributed by atoms with Crippen molar-refractivity contribution in [1.29, 1.82) is 0 Å². The maximum atomic E-state index is 11.6. The highest BCUT2D eigenvalue weighted by Crippen LogP contribution is 2.39. The first-order valence-electron chi connectivity index (χ1n) is 11.2.